The van der Waals surface area contributed by atoms with E-state index in [4.69, 9.17) is 4.74 Å². The quantitative estimate of drug-likeness (QED) is 0.489. The third-order valence-electron chi connectivity index (χ3n) is 2.88. The summed E-state index contributed by atoms with van der Waals surface area (Å²) in [5, 5.41) is 13.3. The van der Waals surface area contributed by atoms with E-state index in [-0.39, 0.29) is 42.9 Å². The van der Waals surface area contributed by atoms with Crippen molar-refractivity contribution >= 4 is 17.6 Å². The standard InChI is InChI=1S/C11H13N3O5/c1-2-19-10(15)4-7-5-12-11(16)9-3-8(14(17)18)6-13(7)9/h3,6-7H,2,4-5H2,1H3,(H,12,16). The molecule has 0 spiro atoms. The smallest absolute Gasteiger partial charge is 0.307 e. The van der Waals surface area contributed by atoms with Crippen LogP contribution in [0.4, 0.5) is 5.69 Å². The topological polar surface area (TPSA) is 103 Å². The molecule has 1 unspecified atom stereocenters. The summed E-state index contributed by atoms with van der Waals surface area (Å²) in [6, 6.07) is 0.840. The fourth-order valence-corrected chi connectivity index (χ4v) is 2.03. The number of fused-ring (bicyclic) bond motifs is 1. The van der Waals surface area contributed by atoms with Gasteiger partial charge >= 0.3 is 5.97 Å². The number of amides is 1. The molecule has 0 aliphatic carbocycles. The van der Waals surface area contributed by atoms with Crippen molar-refractivity contribution in [2.45, 2.75) is 19.4 Å². The van der Waals surface area contributed by atoms with Crippen molar-refractivity contribution in [3.8, 4) is 0 Å². The molecular weight excluding hydrogens is 254 g/mol. The van der Waals surface area contributed by atoms with E-state index in [1.165, 1.54) is 16.8 Å². The van der Waals surface area contributed by atoms with Crippen LogP contribution in [0.25, 0.3) is 0 Å². The Labute approximate surface area is 108 Å². The van der Waals surface area contributed by atoms with Gasteiger partial charge in [-0.25, -0.2) is 0 Å². The highest BCUT2D eigenvalue weighted by Gasteiger charge is 2.30. The largest absolute Gasteiger partial charge is 0.466 e. The van der Waals surface area contributed by atoms with Gasteiger partial charge in [0.25, 0.3) is 11.6 Å². The van der Waals surface area contributed by atoms with Gasteiger partial charge in [-0.15, -0.1) is 0 Å². The molecule has 8 heteroatoms. The van der Waals surface area contributed by atoms with Gasteiger partial charge in [0.2, 0.25) is 0 Å². The summed E-state index contributed by atoms with van der Waals surface area (Å²) < 4.78 is 6.31. The molecule has 0 aromatic carbocycles. The molecule has 1 aromatic heterocycles. The molecule has 0 fully saturated rings. The molecule has 2 rings (SSSR count). The second-order valence-electron chi connectivity index (χ2n) is 4.12. The lowest BCUT2D eigenvalue weighted by molar-refractivity contribution is -0.384. The lowest BCUT2D eigenvalue weighted by Crippen LogP contribution is -2.39. The Morgan fingerprint density at radius 3 is 3.05 bits per heavy atom. The van der Waals surface area contributed by atoms with Crippen molar-refractivity contribution in [2.24, 2.45) is 0 Å². The summed E-state index contributed by atoms with van der Waals surface area (Å²) in [4.78, 5) is 33.2. The van der Waals surface area contributed by atoms with E-state index < -0.39 is 10.9 Å². The van der Waals surface area contributed by atoms with Gasteiger partial charge in [-0.2, -0.15) is 0 Å². The zero-order chi connectivity index (χ0) is 14.0. The van der Waals surface area contributed by atoms with Gasteiger partial charge in [-0.05, 0) is 6.92 Å². The molecule has 0 saturated carbocycles. The van der Waals surface area contributed by atoms with E-state index in [1.54, 1.807) is 6.92 Å². The van der Waals surface area contributed by atoms with E-state index >= 15 is 0 Å². The minimum Gasteiger partial charge on any atom is -0.466 e. The first-order valence-electron chi connectivity index (χ1n) is 5.83. The van der Waals surface area contributed by atoms with Crippen LogP contribution in [0.3, 0.4) is 0 Å². The number of nitrogens with one attached hydrogen (secondary N) is 1. The molecule has 1 aliphatic heterocycles. The fraction of sp³-hybridized carbons (Fsp3) is 0.455. The van der Waals surface area contributed by atoms with E-state index in [0.29, 0.717) is 0 Å². The Kier molecular flexibility index (Phi) is 3.50. The lowest BCUT2D eigenvalue weighted by atomic mass is 10.1. The van der Waals surface area contributed by atoms with Crippen molar-refractivity contribution in [1.82, 2.24) is 9.88 Å². The molecule has 8 nitrogen and oxygen atoms in total. The van der Waals surface area contributed by atoms with Crippen LogP contribution < -0.4 is 5.32 Å². The predicted molar refractivity (Wildman–Crippen MR) is 63.7 cm³/mol. The number of ether oxygens (including phenoxy) is 1. The molecular formula is C11H13N3O5. The Bertz CT molecular complexity index is 536. The molecule has 0 saturated heterocycles. The number of carbonyl (C=O) groups is 2. The average molecular weight is 267 g/mol. The summed E-state index contributed by atoms with van der Waals surface area (Å²) in [7, 11) is 0. The van der Waals surface area contributed by atoms with Crippen LogP contribution in [0.15, 0.2) is 12.3 Å². The Morgan fingerprint density at radius 1 is 1.68 bits per heavy atom. The zero-order valence-corrected chi connectivity index (χ0v) is 10.3. The second kappa shape index (κ2) is 5.09. The number of esters is 1. The van der Waals surface area contributed by atoms with Gasteiger partial charge in [0, 0.05) is 12.6 Å². The van der Waals surface area contributed by atoms with Crippen LogP contribution in [0.5, 0.6) is 0 Å². The fourth-order valence-electron chi connectivity index (χ4n) is 2.03. The lowest BCUT2D eigenvalue weighted by Gasteiger charge is -2.25. The average Bonchev–Trinajstić information content (AvgIpc) is 2.79. The first kappa shape index (κ1) is 13.1. The van der Waals surface area contributed by atoms with E-state index in [2.05, 4.69) is 5.32 Å². The third kappa shape index (κ3) is 2.56. The minimum atomic E-state index is -0.569. The van der Waals surface area contributed by atoms with Gasteiger partial charge in [0.05, 0.1) is 30.2 Å². The Balaban J connectivity index is 2.26. The number of nitro groups is 1. The van der Waals surface area contributed by atoms with Gasteiger partial charge in [0.1, 0.15) is 5.69 Å². The van der Waals surface area contributed by atoms with Crippen LogP contribution in [-0.2, 0) is 9.53 Å². The number of nitrogens with zero attached hydrogens (tertiary/aromatic N) is 2. The molecule has 102 valence electrons. The summed E-state index contributed by atoms with van der Waals surface area (Å²) in [5.74, 6) is -0.779. The number of hydrogen-bond acceptors (Lipinski definition) is 5. The van der Waals surface area contributed by atoms with Crippen LogP contribution >= 0.6 is 0 Å². The monoisotopic (exact) mass is 267 g/mol. The summed E-state index contributed by atoms with van der Waals surface area (Å²) >= 11 is 0. The zero-order valence-electron chi connectivity index (χ0n) is 10.3. The molecule has 0 radical (unpaired) electrons. The molecule has 1 amide bonds. The second-order valence-corrected chi connectivity index (χ2v) is 4.12. The van der Waals surface area contributed by atoms with Crippen molar-refractivity contribution < 1.29 is 19.2 Å². The van der Waals surface area contributed by atoms with Gasteiger partial charge in [-0.3, -0.25) is 19.7 Å². The summed E-state index contributed by atoms with van der Waals surface area (Å²) in [6.45, 7) is 2.22. The number of hydrogen-bond donors (Lipinski definition) is 1. The molecule has 1 aromatic rings. The molecule has 0 bridgehead atoms. The van der Waals surface area contributed by atoms with E-state index in [0.717, 1.165) is 0 Å². The molecule has 2 heterocycles. The number of rotatable bonds is 4. The van der Waals surface area contributed by atoms with Crippen LogP contribution in [0.1, 0.15) is 29.9 Å². The van der Waals surface area contributed by atoms with Gasteiger partial charge in [-0.1, -0.05) is 0 Å². The molecule has 1 N–H and O–H groups in total. The van der Waals surface area contributed by atoms with E-state index in [1.807, 2.05) is 0 Å². The van der Waals surface area contributed by atoms with Crippen molar-refractivity contribution in [3.05, 3.63) is 28.1 Å². The van der Waals surface area contributed by atoms with Crippen LogP contribution in [-0.4, -0.2) is 34.5 Å². The maximum absolute atomic E-state index is 11.6. The van der Waals surface area contributed by atoms with Gasteiger partial charge < -0.3 is 14.6 Å². The van der Waals surface area contributed by atoms with Crippen molar-refractivity contribution in [1.29, 1.82) is 0 Å². The maximum atomic E-state index is 11.6. The molecule has 19 heavy (non-hydrogen) atoms. The SMILES string of the molecule is CCOC(=O)CC1CNC(=O)c2cc([N+](=O)[O-])cn21. The highest BCUT2D eigenvalue weighted by molar-refractivity contribution is 5.94. The Morgan fingerprint density at radius 2 is 2.42 bits per heavy atom. The third-order valence-corrected chi connectivity index (χ3v) is 2.88. The molecule has 1 aliphatic rings. The normalized spacial score (nSPS) is 17.5. The highest BCUT2D eigenvalue weighted by Crippen LogP contribution is 2.25. The Hall–Kier alpha value is -2.38. The van der Waals surface area contributed by atoms with Crippen LogP contribution in [0, 0.1) is 10.1 Å². The summed E-state index contributed by atoms with van der Waals surface area (Å²) in [5.41, 5.74) is 0.0214. The molecule has 1 atom stereocenters. The minimum absolute atomic E-state index is 0.0625. The number of carbonyl (C=O) groups excluding carboxylic acids is 2. The van der Waals surface area contributed by atoms with Crippen molar-refractivity contribution in [3.63, 3.8) is 0 Å². The van der Waals surface area contributed by atoms with Crippen LogP contribution in [0.2, 0.25) is 0 Å². The van der Waals surface area contributed by atoms with Gasteiger partial charge in [0.15, 0.2) is 0 Å². The maximum Gasteiger partial charge on any atom is 0.307 e. The van der Waals surface area contributed by atoms with Crippen molar-refractivity contribution in [2.75, 3.05) is 13.2 Å². The predicted octanol–water partition coefficient (Wildman–Crippen LogP) is 0.634. The highest BCUT2D eigenvalue weighted by atomic mass is 16.6. The first-order chi connectivity index (χ1) is 9.02. The first-order valence-corrected chi connectivity index (χ1v) is 5.83. The van der Waals surface area contributed by atoms with E-state index in [9.17, 15) is 19.7 Å². The number of aromatic nitrogens is 1. The summed E-state index contributed by atoms with van der Waals surface area (Å²) in [6.07, 6.45) is 1.34.